The zero-order valence-corrected chi connectivity index (χ0v) is 13.5. The van der Waals surface area contributed by atoms with Crippen molar-refractivity contribution in [3.63, 3.8) is 0 Å². The van der Waals surface area contributed by atoms with Gasteiger partial charge in [-0.25, -0.2) is 4.79 Å². The number of nitrogens with one attached hydrogen (secondary N) is 2. The summed E-state index contributed by atoms with van der Waals surface area (Å²) in [7, 11) is 1.40. The molecule has 6 heteroatoms. The van der Waals surface area contributed by atoms with Crippen molar-refractivity contribution in [1.29, 1.82) is 0 Å². The number of amides is 3. The van der Waals surface area contributed by atoms with E-state index < -0.39 is 24.0 Å². The molecule has 6 nitrogen and oxygen atoms in total. The van der Waals surface area contributed by atoms with Crippen LogP contribution in [0.25, 0.3) is 0 Å². The summed E-state index contributed by atoms with van der Waals surface area (Å²) in [6.45, 7) is 1.43. The highest BCUT2D eigenvalue weighted by atomic mass is 16.5. The van der Waals surface area contributed by atoms with Crippen LogP contribution in [0.15, 0.2) is 18.2 Å². The SMILES string of the molecule is CNC(=O)NC(=O)[C@H](C)OC(=O)Cc1ccc2c(c1)CCCC2. The van der Waals surface area contributed by atoms with Crippen molar-refractivity contribution in [3.8, 4) is 0 Å². The number of aryl methyl sites for hydroxylation is 2. The number of urea groups is 1. The third-order valence-electron chi connectivity index (χ3n) is 3.90. The Hall–Kier alpha value is -2.37. The summed E-state index contributed by atoms with van der Waals surface area (Å²) in [5.41, 5.74) is 3.54. The van der Waals surface area contributed by atoms with Gasteiger partial charge in [0, 0.05) is 7.05 Å². The molecule has 1 aromatic carbocycles. The van der Waals surface area contributed by atoms with Crippen LogP contribution in [-0.2, 0) is 33.6 Å². The highest BCUT2D eigenvalue weighted by molar-refractivity contribution is 5.97. The average Bonchev–Trinajstić information content (AvgIpc) is 2.54. The van der Waals surface area contributed by atoms with E-state index in [0.29, 0.717) is 0 Å². The van der Waals surface area contributed by atoms with Gasteiger partial charge in [-0.3, -0.25) is 14.9 Å². The van der Waals surface area contributed by atoms with Gasteiger partial charge in [-0.2, -0.15) is 0 Å². The maximum Gasteiger partial charge on any atom is 0.321 e. The molecule has 124 valence electrons. The molecule has 0 heterocycles. The second-order valence-corrected chi connectivity index (χ2v) is 5.69. The molecule has 1 aromatic rings. The Morgan fingerprint density at radius 3 is 2.57 bits per heavy atom. The summed E-state index contributed by atoms with van der Waals surface area (Å²) in [6, 6.07) is 5.41. The van der Waals surface area contributed by atoms with Gasteiger partial charge in [-0.05, 0) is 49.3 Å². The number of carbonyl (C=O) groups is 3. The molecule has 2 rings (SSSR count). The number of benzene rings is 1. The van der Waals surface area contributed by atoms with Gasteiger partial charge in [0.2, 0.25) is 0 Å². The molecule has 0 aliphatic heterocycles. The second-order valence-electron chi connectivity index (χ2n) is 5.69. The lowest BCUT2D eigenvalue weighted by molar-refractivity contribution is -0.153. The first kappa shape index (κ1) is 17.0. The van der Waals surface area contributed by atoms with Gasteiger partial charge in [0.1, 0.15) is 0 Å². The van der Waals surface area contributed by atoms with Crippen molar-refractivity contribution < 1.29 is 19.1 Å². The third kappa shape index (κ3) is 4.81. The van der Waals surface area contributed by atoms with Gasteiger partial charge < -0.3 is 10.1 Å². The minimum atomic E-state index is -1.02. The van der Waals surface area contributed by atoms with Crippen molar-refractivity contribution in [2.45, 2.75) is 45.1 Å². The molecule has 23 heavy (non-hydrogen) atoms. The Morgan fingerprint density at radius 1 is 1.17 bits per heavy atom. The Balaban J connectivity index is 1.89. The number of esters is 1. The lowest BCUT2D eigenvalue weighted by Crippen LogP contribution is -2.43. The molecular weight excluding hydrogens is 296 g/mol. The minimum absolute atomic E-state index is 0.116. The largest absolute Gasteiger partial charge is 0.452 e. The molecule has 0 fully saturated rings. The van der Waals surface area contributed by atoms with Crippen molar-refractivity contribution in [2.24, 2.45) is 0 Å². The van der Waals surface area contributed by atoms with Gasteiger partial charge in [-0.15, -0.1) is 0 Å². The quantitative estimate of drug-likeness (QED) is 0.824. The topological polar surface area (TPSA) is 84.5 Å². The van der Waals surface area contributed by atoms with Crippen molar-refractivity contribution in [3.05, 3.63) is 34.9 Å². The maximum absolute atomic E-state index is 11.9. The first-order valence-corrected chi connectivity index (χ1v) is 7.82. The summed E-state index contributed by atoms with van der Waals surface area (Å²) in [4.78, 5) is 34.6. The Labute approximate surface area is 135 Å². The van der Waals surface area contributed by atoms with Crippen LogP contribution in [-0.4, -0.2) is 31.1 Å². The lowest BCUT2D eigenvalue weighted by Gasteiger charge is -2.17. The molecule has 0 saturated heterocycles. The van der Waals surface area contributed by atoms with E-state index in [4.69, 9.17) is 4.74 Å². The number of ether oxygens (including phenoxy) is 1. The van der Waals surface area contributed by atoms with Crippen molar-refractivity contribution >= 4 is 17.9 Å². The molecule has 2 N–H and O–H groups in total. The second kappa shape index (κ2) is 7.76. The number of carbonyl (C=O) groups excluding carboxylic acids is 3. The zero-order valence-electron chi connectivity index (χ0n) is 13.5. The van der Waals surface area contributed by atoms with Gasteiger partial charge in [0.15, 0.2) is 6.10 Å². The van der Waals surface area contributed by atoms with Crippen LogP contribution in [0.1, 0.15) is 36.5 Å². The molecule has 0 bridgehead atoms. The average molecular weight is 318 g/mol. The Kier molecular flexibility index (Phi) is 5.73. The minimum Gasteiger partial charge on any atom is -0.452 e. The van der Waals surface area contributed by atoms with E-state index in [0.717, 1.165) is 18.4 Å². The fourth-order valence-electron chi connectivity index (χ4n) is 2.63. The van der Waals surface area contributed by atoms with Gasteiger partial charge in [0.25, 0.3) is 5.91 Å². The van der Waals surface area contributed by atoms with Gasteiger partial charge >= 0.3 is 12.0 Å². The van der Waals surface area contributed by atoms with Crippen LogP contribution >= 0.6 is 0 Å². The van der Waals surface area contributed by atoms with Crippen molar-refractivity contribution in [2.75, 3.05) is 7.05 Å². The fourth-order valence-corrected chi connectivity index (χ4v) is 2.63. The third-order valence-corrected chi connectivity index (χ3v) is 3.90. The first-order valence-electron chi connectivity index (χ1n) is 7.82. The Bertz CT molecular complexity index is 613. The summed E-state index contributed by atoms with van der Waals surface area (Å²) in [5.74, 6) is -1.14. The number of rotatable bonds is 4. The molecule has 0 radical (unpaired) electrons. The van der Waals surface area contributed by atoms with Gasteiger partial charge in [0.05, 0.1) is 6.42 Å². The van der Waals surface area contributed by atoms with Crippen LogP contribution < -0.4 is 10.6 Å². The van der Waals surface area contributed by atoms with E-state index in [9.17, 15) is 14.4 Å². The molecular formula is C17H22N2O4. The predicted octanol–water partition coefficient (Wildman–Crippen LogP) is 1.50. The van der Waals surface area contributed by atoms with Crippen LogP contribution in [0.2, 0.25) is 0 Å². The van der Waals surface area contributed by atoms with E-state index in [1.165, 1.54) is 37.9 Å². The summed E-state index contributed by atoms with van der Waals surface area (Å²) < 4.78 is 5.07. The summed E-state index contributed by atoms with van der Waals surface area (Å²) in [6.07, 6.45) is 3.63. The first-order chi connectivity index (χ1) is 11.0. The molecule has 3 amide bonds. The van der Waals surface area contributed by atoms with Crippen LogP contribution in [0.4, 0.5) is 4.79 Å². The van der Waals surface area contributed by atoms with Gasteiger partial charge in [-0.1, -0.05) is 18.2 Å². The molecule has 1 aliphatic rings. The van der Waals surface area contributed by atoms with E-state index in [2.05, 4.69) is 16.7 Å². The maximum atomic E-state index is 11.9. The molecule has 0 saturated carbocycles. The Morgan fingerprint density at radius 2 is 1.87 bits per heavy atom. The number of hydrogen-bond donors (Lipinski definition) is 2. The molecule has 0 unspecified atom stereocenters. The predicted molar refractivity (Wildman–Crippen MR) is 84.9 cm³/mol. The number of imide groups is 1. The summed E-state index contributed by atoms with van der Waals surface area (Å²) >= 11 is 0. The normalized spacial score (nSPS) is 14.3. The van der Waals surface area contributed by atoms with E-state index >= 15 is 0 Å². The zero-order chi connectivity index (χ0) is 16.8. The fraction of sp³-hybridized carbons (Fsp3) is 0.471. The van der Waals surface area contributed by atoms with Crippen LogP contribution in [0.5, 0.6) is 0 Å². The lowest BCUT2D eigenvalue weighted by atomic mass is 9.90. The van der Waals surface area contributed by atoms with Crippen LogP contribution in [0, 0.1) is 0 Å². The summed E-state index contributed by atoms with van der Waals surface area (Å²) in [5, 5.41) is 4.33. The highest BCUT2D eigenvalue weighted by Gasteiger charge is 2.20. The van der Waals surface area contributed by atoms with E-state index in [1.54, 1.807) is 0 Å². The van der Waals surface area contributed by atoms with Crippen molar-refractivity contribution in [1.82, 2.24) is 10.6 Å². The monoisotopic (exact) mass is 318 g/mol. The molecule has 0 spiro atoms. The molecule has 0 aromatic heterocycles. The number of hydrogen-bond acceptors (Lipinski definition) is 4. The highest BCUT2D eigenvalue weighted by Crippen LogP contribution is 2.22. The van der Waals surface area contributed by atoms with E-state index in [-0.39, 0.29) is 6.42 Å². The van der Waals surface area contributed by atoms with Crippen LogP contribution in [0.3, 0.4) is 0 Å². The smallest absolute Gasteiger partial charge is 0.321 e. The molecule has 1 atom stereocenters. The number of fused-ring (bicyclic) bond motifs is 1. The standard InChI is InChI=1S/C17H22N2O4/c1-11(16(21)19-17(22)18-2)23-15(20)10-12-7-8-13-5-3-4-6-14(13)9-12/h7-9,11H,3-6,10H2,1-2H3,(H2,18,19,21,22)/t11-/m0/s1. The van der Waals surface area contributed by atoms with E-state index in [1.807, 2.05) is 12.1 Å². The molecule has 1 aliphatic carbocycles.